The highest BCUT2D eigenvalue weighted by Gasteiger charge is 2.28. The monoisotopic (exact) mass is 258 g/mol. The van der Waals surface area contributed by atoms with Crippen LogP contribution >= 0.6 is 0 Å². The van der Waals surface area contributed by atoms with Crippen molar-refractivity contribution in [3.8, 4) is 0 Å². The number of hydrogen-bond donors (Lipinski definition) is 0. The molecular formula is C16H22N2O. The van der Waals surface area contributed by atoms with Crippen LogP contribution in [0.2, 0.25) is 0 Å². The van der Waals surface area contributed by atoms with Crippen LogP contribution in [0.25, 0.3) is 0 Å². The topological polar surface area (TPSA) is 23.6 Å². The van der Waals surface area contributed by atoms with Crippen LogP contribution in [0, 0.1) is 5.92 Å². The second-order valence-electron chi connectivity index (χ2n) is 5.74. The molecule has 1 aliphatic carbocycles. The number of amides is 1. The van der Waals surface area contributed by atoms with Gasteiger partial charge in [-0.05, 0) is 49.9 Å². The molecule has 1 amide bonds. The minimum atomic E-state index is 0.267. The quantitative estimate of drug-likeness (QED) is 0.832. The summed E-state index contributed by atoms with van der Waals surface area (Å²) in [7, 11) is 1.89. The number of anilines is 2. The molecule has 19 heavy (non-hydrogen) atoms. The lowest BCUT2D eigenvalue weighted by atomic mass is 9.84. The summed E-state index contributed by atoms with van der Waals surface area (Å²) in [6, 6.07) is 8.44. The Balaban J connectivity index is 1.68. The smallest absolute Gasteiger partial charge is 0.229 e. The summed E-state index contributed by atoms with van der Waals surface area (Å²) >= 11 is 0. The van der Waals surface area contributed by atoms with Crippen LogP contribution in [-0.2, 0) is 4.79 Å². The van der Waals surface area contributed by atoms with Gasteiger partial charge in [-0.2, -0.15) is 0 Å². The zero-order valence-corrected chi connectivity index (χ0v) is 11.6. The van der Waals surface area contributed by atoms with E-state index in [9.17, 15) is 4.79 Å². The third-order valence-corrected chi connectivity index (χ3v) is 4.49. The fourth-order valence-electron chi connectivity index (χ4n) is 2.92. The zero-order valence-electron chi connectivity index (χ0n) is 11.6. The van der Waals surface area contributed by atoms with Crippen molar-refractivity contribution in [2.45, 2.75) is 32.1 Å². The maximum Gasteiger partial charge on any atom is 0.229 e. The second kappa shape index (κ2) is 5.24. The Hall–Kier alpha value is -1.51. The number of nitrogens with zero attached hydrogens (tertiary/aromatic N) is 2. The van der Waals surface area contributed by atoms with Crippen LogP contribution < -0.4 is 9.80 Å². The first-order valence-corrected chi connectivity index (χ1v) is 7.38. The number of rotatable bonds is 3. The molecule has 0 spiro atoms. The lowest BCUT2D eigenvalue weighted by molar-refractivity contribution is -0.124. The first-order chi connectivity index (χ1) is 9.25. The van der Waals surface area contributed by atoms with Gasteiger partial charge in [0.1, 0.15) is 0 Å². The molecule has 1 aromatic carbocycles. The van der Waals surface area contributed by atoms with Crippen molar-refractivity contribution in [3.63, 3.8) is 0 Å². The molecule has 2 aliphatic rings. The molecule has 102 valence electrons. The first-order valence-electron chi connectivity index (χ1n) is 7.38. The Morgan fingerprint density at radius 3 is 2.26 bits per heavy atom. The molecule has 1 aliphatic heterocycles. The van der Waals surface area contributed by atoms with Gasteiger partial charge in [-0.25, -0.2) is 0 Å². The summed E-state index contributed by atoms with van der Waals surface area (Å²) in [5, 5.41) is 0. The lowest BCUT2D eigenvalue weighted by Crippen LogP contribution is -2.36. The molecule has 2 fully saturated rings. The number of carbonyl (C=O) groups excluding carboxylic acids is 1. The summed E-state index contributed by atoms with van der Waals surface area (Å²) < 4.78 is 0. The van der Waals surface area contributed by atoms with Crippen molar-refractivity contribution in [1.82, 2.24) is 0 Å². The highest BCUT2D eigenvalue weighted by atomic mass is 16.2. The average molecular weight is 258 g/mol. The van der Waals surface area contributed by atoms with Crippen molar-refractivity contribution in [2.24, 2.45) is 5.92 Å². The predicted octanol–water partition coefficient (Wildman–Crippen LogP) is 3.05. The Morgan fingerprint density at radius 1 is 1.11 bits per heavy atom. The van der Waals surface area contributed by atoms with Gasteiger partial charge in [-0.3, -0.25) is 4.79 Å². The minimum absolute atomic E-state index is 0.267. The molecule has 1 heterocycles. The van der Waals surface area contributed by atoms with Gasteiger partial charge in [-0.1, -0.05) is 6.42 Å². The fraction of sp³-hybridized carbons (Fsp3) is 0.562. The largest absolute Gasteiger partial charge is 0.372 e. The molecule has 0 bridgehead atoms. The normalized spacial score (nSPS) is 19.3. The van der Waals surface area contributed by atoms with Gasteiger partial charge in [-0.15, -0.1) is 0 Å². The van der Waals surface area contributed by atoms with Gasteiger partial charge in [0.05, 0.1) is 0 Å². The maximum absolute atomic E-state index is 12.2. The van der Waals surface area contributed by atoms with Gasteiger partial charge < -0.3 is 9.80 Å². The molecular weight excluding hydrogens is 236 g/mol. The minimum Gasteiger partial charge on any atom is -0.372 e. The van der Waals surface area contributed by atoms with Gasteiger partial charge in [0.15, 0.2) is 0 Å². The van der Waals surface area contributed by atoms with E-state index in [4.69, 9.17) is 0 Å². The summed E-state index contributed by atoms with van der Waals surface area (Å²) in [6.45, 7) is 2.33. The number of benzene rings is 1. The average Bonchev–Trinajstić information content (AvgIpc) is 2.90. The Labute approximate surface area is 115 Å². The Morgan fingerprint density at radius 2 is 1.74 bits per heavy atom. The molecule has 0 radical (unpaired) electrons. The molecule has 1 saturated heterocycles. The summed E-state index contributed by atoms with van der Waals surface area (Å²) in [4.78, 5) is 16.4. The molecule has 1 aromatic rings. The highest BCUT2D eigenvalue weighted by molar-refractivity contribution is 5.95. The van der Waals surface area contributed by atoms with Gasteiger partial charge in [0.25, 0.3) is 0 Å². The lowest BCUT2D eigenvalue weighted by Gasteiger charge is -2.29. The van der Waals surface area contributed by atoms with E-state index in [1.807, 2.05) is 11.9 Å². The van der Waals surface area contributed by atoms with Gasteiger partial charge in [0, 0.05) is 37.4 Å². The first kappa shape index (κ1) is 12.5. The maximum atomic E-state index is 12.2. The molecule has 0 N–H and O–H groups in total. The van der Waals surface area contributed by atoms with E-state index in [2.05, 4.69) is 29.2 Å². The Bertz CT molecular complexity index is 444. The van der Waals surface area contributed by atoms with E-state index in [0.29, 0.717) is 0 Å². The van der Waals surface area contributed by atoms with Crippen LogP contribution in [0.3, 0.4) is 0 Å². The molecule has 0 unspecified atom stereocenters. The molecule has 1 saturated carbocycles. The Kier molecular flexibility index (Phi) is 3.45. The van der Waals surface area contributed by atoms with Crippen LogP contribution in [-0.4, -0.2) is 26.0 Å². The molecule has 0 atom stereocenters. The van der Waals surface area contributed by atoms with Crippen LogP contribution in [0.4, 0.5) is 11.4 Å². The predicted molar refractivity (Wildman–Crippen MR) is 78.6 cm³/mol. The van der Waals surface area contributed by atoms with E-state index in [1.54, 1.807) is 0 Å². The molecule has 0 aromatic heterocycles. The summed E-state index contributed by atoms with van der Waals surface area (Å²) in [6.07, 6.45) is 5.92. The zero-order chi connectivity index (χ0) is 13.2. The molecule has 3 nitrogen and oxygen atoms in total. The van der Waals surface area contributed by atoms with Crippen molar-refractivity contribution in [2.75, 3.05) is 29.9 Å². The van der Waals surface area contributed by atoms with Gasteiger partial charge in [0.2, 0.25) is 5.91 Å². The number of hydrogen-bond acceptors (Lipinski definition) is 2. The highest BCUT2D eigenvalue weighted by Crippen LogP contribution is 2.30. The van der Waals surface area contributed by atoms with Crippen molar-refractivity contribution < 1.29 is 4.79 Å². The van der Waals surface area contributed by atoms with E-state index in [1.165, 1.54) is 24.9 Å². The van der Waals surface area contributed by atoms with E-state index < -0.39 is 0 Å². The van der Waals surface area contributed by atoms with E-state index in [-0.39, 0.29) is 11.8 Å². The SMILES string of the molecule is CN(C(=O)C1CCC1)c1ccc(N2CCCC2)cc1. The standard InChI is InChI=1S/C16H22N2O/c1-17(16(19)13-5-4-6-13)14-7-9-15(10-8-14)18-11-2-3-12-18/h7-10,13H,2-6,11-12H2,1H3. The third kappa shape index (κ3) is 2.46. The van der Waals surface area contributed by atoms with Crippen LogP contribution in [0.15, 0.2) is 24.3 Å². The molecule has 3 rings (SSSR count). The van der Waals surface area contributed by atoms with Gasteiger partial charge >= 0.3 is 0 Å². The van der Waals surface area contributed by atoms with Crippen LogP contribution in [0.1, 0.15) is 32.1 Å². The second-order valence-corrected chi connectivity index (χ2v) is 5.74. The molecule has 3 heteroatoms. The van der Waals surface area contributed by atoms with E-state index in [0.717, 1.165) is 31.6 Å². The van der Waals surface area contributed by atoms with Crippen molar-refractivity contribution in [1.29, 1.82) is 0 Å². The number of carbonyl (C=O) groups is 1. The fourth-order valence-corrected chi connectivity index (χ4v) is 2.92. The van der Waals surface area contributed by atoms with Crippen LogP contribution in [0.5, 0.6) is 0 Å². The summed E-state index contributed by atoms with van der Waals surface area (Å²) in [5.74, 6) is 0.545. The van der Waals surface area contributed by atoms with E-state index >= 15 is 0 Å². The third-order valence-electron chi connectivity index (χ3n) is 4.49. The van der Waals surface area contributed by atoms with Crippen molar-refractivity contribution >= 4 is 17.3 Å². The van der Waals surface area contributed by atoms with Crippen molar-refractivity contribution in [3.05, 3.63) is 24.3 Å². The summed E-state index contributed by atoms with van der Waals surface area (Å²) in [5.41, 5.74) is 2.30.